The number of hydrogen-bond donors (Lipinski definition) is 1. The van der Waals surface area contributed by atoms with Gasteiger partial charge in [0.2, 0.25) is 0 Å². The molecule has 0 aromatic carbocycles. The van der Waals surface area contributed by atoms with Gasteiger partial charge in [-0.25, -0.2) is 4.79 Å². The Hall–Kier alpha value is -1.59. The van der Waals surface area contributed by atoms with Crippen molar-refractivity contribution in [2.75, 3.05) is 6.61 Å². The average Bonchev–Trinajstić information content (AvgIpc) is 2.12. The van der Waals surface area contributed by atoms with Gasteiger partial charge in [-0.1, -0.05) is 0 Å². The standard InChI is InChI=1S/C8H12O6/c1-6(14-5-9)8(12)13-4-2-3-7(10)11/h5-6H,2-4H2,1H3,(H,10,11). The fourth-order valence-electron chi connectivity index (χ4n) is 0.652. The van der Waals surface area contributed by atoms with Gasteiger partial charge >= 0.3 is 11.9 Å². The first-order chi connectivity index (χ1) is 6.57. The summed E-state index contributed by atoms with van der Waals surface area (Å²) in [4.78, 5) is 30.8. The van der Waals surface area contributed by atoms with Crippen molar-refractivity contribution in [1.82, 2.24) is 0 Å². The molecule has 0 saturated carbocycles. The predicted octanol–water partition coefficient (Wildman–Crippen LogP) is -0.0441. The van der Waals surface area contributed by atoms with E-state index in [1.807, 2.05) is 0 Å². The van der Waals surface area contributed by atoms with Crippen LogP contribution in [-0.2, 0) is 23.9 Å². The summed E-state index contributed by atoms with van der Waals surface area (Å²) in [6.07, 6.45) is -0.761. The zero-order chi connectivity index (χ0) is 11.0. The number of ether oxygens (including phenoxy) is 2. The average molecular weight is 204 g/mol. The highest BCUT2D eigenvalue weighted by Gasteiger charge is 2.14. The van der Waals surface area contributed by atoms with Crippen molar-refractivity contribution in [3.63, 3.8) is 0 Å². The molecule has 0 aliphatic heterocycles. The fraction of sp³-hybridized carbons (Fsp3) is 0.625. The van der Waals surface area contributed by atoms with Crippen LogP contribution in [0, 0.1) is 0 Å². The maximum absolute atomic E-state index is 10.9. The summed E-state index contributed by atoms with van der Waals surface area (Å²) in [5, 5.41) is 8.26. The van der Waals surface area contributed by atoms with Crippen molar-refractivity contribution in [3.05, 3.63) is 0 Å². The molecular weight excluding hydrogens is 192 g/mol. The molecule has 0 aliphatic rings. The second-order valence-corrected chi connectivity index (χ2v) is 2.54. The van der Waals surface area contributed by atoms with Crippen LogP contribution in [0.3, 0.4) is 0 Å². The molecule has 1 N–H and O–H groups in total. The Morgan fingerprint density at radius 2 is 2.14 bits per heavy atom. The van der Waals surface area contributed by atoms with E-state index in [0.29, 0.717) is 0 Å². The summed E-state index contributed by atoms with van der Waals surface area (Å²) in [6, 6.07) is 0. The van der Waals surface area contributed by atoms with Gasteiger partial charge in [-0.3, -0.25) is 9.59 Å². The minimum Gasteiger partial charge on any atom is -0.481 e. The monoisotopic (exact) mass is 204 g/mol. The summed E-state index contributed by atoms with van der Waals surface area (Å²) in [7, 11) is 0. The van der Waals surface area contributed by atoms with Crippen molar-refractivity contribution < 1.29 is 29.0 Å². The summed E-state index contributed by atoms with van der Waals surface area (Å²) < 4.78 is 8.93. The molecule has 0 spiro atoms. The topological polar surface area (TPSA) is 89.9 Å². The summed E-state index contributed by atoms with van der Waals surface area (Å²) in [6.45, 7) is 1.54. The molecule has 1 unspecified atom stereocenters. The number of rotatable bonds is 7. The number of carbonyl (C=O) groups is 3. The number of hydrogen-bond acceptors (Lipinski definition) is 5. The van der Waals surface area contributed by atoms with Gasteiger partial charge < -0.3 is 14.6 Å². The van der Waals surface area contributed by atoms with Gasteiger partial charge in [0, 0.05) is 6.42 Å². The first kappa shape index (κ1) is 12.4. The minimum atomic E-state index is -0.947. The molecule has 0 saturated heterocycles. The van der Waals surface area contributed by atoms with Gasteiger partial charge in [0.05, 0.1) is 6.61 Å². The first-order valence-corrected chi connectivity index (χ1v) is 4.05. The SMILES string of the molecule is CC(OC=O)C(=O)OCCCC(=O)O. The van der Waals surface area contributed by atoms with Crippen molar-refractivity contribution in [2.24, 2.45) is 0 Å². The Labute approximate surface area is 80.8 Å². The van der Waals surface area contributed by atoms with Crippen LogP contribution in [0.1, 0.15) is 19.8 Å². The molecule has 0 amide bonds. The number of carboxylic acids is 1. The second-order valence-electron chi connectivity index (χ2n) is 2.54. The molecule has 0 aromatic rings. The van der Waals surface area contributed by atoms with Gasteiger partial charge in [0.25, 0.3) is 6.47 Å². The molecule has 6 nitrogen and oxygen atoms in total. The van der Waals surface area contributed by atoms with E-state index in [-0.39, 0.29) is 25.9 Å². The van der Waals surface area contributed by atoms with E-state index in [9.17, 15) is 14.4 Å². The van der Waals surface area contributed by atoms with Crippen LogP contribution in [0.15, 0.2) is 0 Å². The minimum absolute atomic E-state index is 0.0116. The molecule has 0 bridgehead atoms. The Morgan fingerprint density at radius 3 is 2.64 bits per heavy atom. The van der Waals surface area contributed by atoms with Crippen LogP contribution < -0.4 is 0 Å². The maximum atomic E-state index is 10.9. The summed E-state index contributed by atoms with van der Waals surface area (Å²) >= 11 is 0. The van der Waals surface area contributed by atoms with Crippen LogP contribution in [0.4, 0.5) is 0 Å². The van der Waals surface area contributed by atoms with E-state index in [0.717, 1.165) is 0 Å². The van der Waals surface area contributed by atoms with Crippen LogP contribution in [-0.4, -0.2) is 36.2 Å². The van der Waals surface area contributed by atoms with E-state index < -0.39 is 18.0 Å². The predicted molar refractivity (Wildman–Crippen MR) is 44.4 cm³/mol. The lowest BCUT2D eigenvalue weighted by molar-refractivity contribution is -0.160. The van der Waals surface area contributed by atoms with Gasteiger partial charge in [-0.05, 0) is 13.3 Å². The Balaban J connectivity index is 3.53. The van der Waals surface area contributed by atoms with E-state index in [1.54, 1.807) is 0 Å². The highest BCUT2D eigenvalue weighted by molar-refractivity contribution is 5.75. The zero-order valence-electron chi connectivity index (χ0n) is 7.76. The third kappa shape index (κ3) is 5.99. The summed E-state index contributed by atoms with van der Waals surface area (Å²) in [5.74, 6) is -1.62. The lowest BCUT2D eigenvalue weighted by Gasteiger charge is -2.08. The fourth-order valence-corrected chi connectivity index (χ4v) is 0.652. The lowest BCUT2D eigenvalue weighted by Crippen LogP contribution is -2.23. The lowest BCUT2D eigenvalue weighted by atomic mass is 10.3. The van der Waals surface area contributed by atoms with Crippen LogP contribution >= 0.6 is 0 Å². The Kier molecular flexibility index (Phi) is 6.09. The number of aliphatic carboxylic acids is 1. The molecule has 6 heteroatoms. The molecule has 0 radical (unpaired) electrons. The molecule has 80 valence electrons. The normalized spacial score (nSPS) is 11.5. The number of esters is 1. The van der Waals surface area contributed by atoms with Crippen LogP contribution in [0.25, 0.3) is 0 Å². The third-order valence-electron chi connectivity index (χ3n) is 1.37. The van der Waals surface area contributed by atoms with E-state index >= 15 is 0 Å². The molecule has 0 heterocycles. The molecule has 0 aliphatic carbocycles. The van der Waals surface area contributed by atoms with Gasteiger partial charge in [-0.2, -0.15) is 0 Å². The molecular formula is C8H12O6. The molecule has 1 atom stereocenters. The second kappa shape index (κ2) is 6.88. The molecule has 0 rings (SSSR count). The maximum Gasteiger partial charge on any atom is 0.347 e. The highest BCUT2D eigenvalue weighted by Crippen LogP contribution is 1.95. The van der Waals surface area contributed by atoms with Crippen LogP contribution in [0.5, 0.6) is 0 Å². The summed E-state index contributed by atoms with van der Waals surface area (Å²) in [5.41, 5.74) is 0. The van der Waals surface area contributed by atoms with Crippen molar-refractivity contribution in [3.8, 4) is 0 Å². The Morgan fingerprint density at radius 1 is 1.50 bits per heavy atom. The first-order valence-electron chi connectivity index (χ1n) is 4.05. The molecule has 0 fully saturated rings. The van der Waals surface area contributed by atoms with Crippen molar-refractivity contribution in [1.29, 1.82) is 0 Å². The van der Waals surface area contributed by atoms with Gasteiger partial charge in [0.1, 0.15) is 0 Å². The zero-order valence-corrected chi connectivity index (χ0v) is 7.76. The number of carbonyl (C=O) groups excluding carboxylic acids is 2. The number of carboxylic acid groups (broad SMARTS) is 1. The smallest absolute Gasteiger partial charge is 0.347 e. The van der Waals surface area contributed by atoms with Crippen molar-refractivity contribution >= 4 is 18.4 Å². The van der Waals surface area contributed by atoms with E-state index in [2.05, 4.69) is 9.47 Å². The van der Waals surface area contributed by atoms with E-state index in [4.69, 9.17) is 5.11 Å². The quantitative estimate of drug-likeness (QED) is 0.355. The largest absolute Gasteiger partial charge is 0.481 e. The van der Waals surface area contributed by atoms with E-state index in [1.165, 1.54) is 6.92 Å². The van der Waals surface area contributed by atoms with Crippen molar-refractivity contribution in [2.45, 2.75) is 25.9 Å². The molecule has 0 aromatic heterocycles. The molecule has 14 heavy (non-hydrogen) atoms. The Bertz CT molecular complexity index is 212. The van der Waals surface area contributed by atoms with Gasteiger partial charge in [-0.15, -0.1) is 0 Å². The third-order valence-corrected chi connectivity index (χ3v) is 1.37. The highest BCUT2D eigenvalue weighted by atomic mass is 16.6. The van der Waals surface area contributed by atoms with Crippen LogP contribution in [0.2, 0.25) is 0 Å². The van der Waals surface area contributed by atoms with Gasteiger partial charge in [0.15, 0.2) is 6.10 Å².